The van der Waals surface area contributed by atoms with Crippen molar-refractivity contribution in [3.05, 3.63) is 52.0 Å². The van der Waals surface area contributed by atoms with E-state index in [1.54, 1.807) is 0 Å². The third-order valence-corrected chi connectivity index (χ3v) is 5.81. The minimum atomic E-state index is -0.144. The van der Waals surface area contributed by atoms with Crippen molar-refractivity contribution in [2.45, 2.75) is 32.6 Å². The number of nitrogens with one attached hydrogen (secondary N) is 2. The van der Waals surface area contributed by atoms with Gasteiger partial charge in [-0.15, -0.1) is 0 Å². The van der Waals surface area contributed by atoms with Gasteiger partial charge in [0.15, 0.2) is 5.69 Å². The van der Waals surface area contributed by atoms with E-state index in [2.05, 4.69) is 16.4 Å². The molecule has 122 valence electrons. The van der Waals surface area contributed by atoms with Gasteiger partial charge in [0.25, 0.3) is 10.7 Å². The van der Waals surface area contributed by atoms with Gasteiger partial charge in [0.1, 0.15) is 4.88 Å². The number of benzene rings is 1. The first-order valence-corrected chi connectivity index (χ1v) is 9.08. The molecule has 0 radical (unpaired) electrons. The van der Waals surface area contributed by atoms with Crippen molar-refractivity contribution in [3.8, 4) is 0 Å². The van der Waals surface area contributed by atoms with Crippen LogP contribution in [-0.4, -0.2) is 5.91 Å². The van der Waals surface area contributed by atoms with E-state index in [4.69, 9.17) is 5.73 Å². The van der Waals surface area contributed by atoms with E-state index in [1.165, 1.54) is 35.4 Å². The molecule has 0 fully saturated rings. The number of nitrogens with two attached hydrogens (primary N) is 1. The van der Waals surface area contributed by atoms with Gasteiger partial charge in [-0.2, -0.15) is 4.98 Å². The maximum Gasteiger partial charge on any atom is 0.270 e. The SMILES string of the molecule is Cc1ccccc1NC(=O)c1sc2[nH+]c3c(cc2c1N)CCCC3. The quantitative estimate of drug-likeness (QED) is 0.747. The largest absolute Gasteiger partial charge is 0.397 e. The van der Waals surface area contributed by atoms with Crippen LogP contribution in [0.15, 0.2) is 30.3 Å². The summed E-state index contributed by atoms with van der Waals surface area (Å²) in [5.74, 6) is -0.144. The highest BCUT2D eigenvalue weighted by atomic mass is 32.1. The average Bonchev–Trinajstić information content (AvgIpc) is 2.91. The number of hydrogen-bond acceptors (Lipinski definition) is 3. The highest BCUT2D eigenvalue weighted by Crippen LogP contribution is 2.34. The molecule has 0 atom stereocenters. The fourth-order valence-corrected chi connectivity index (χ4v) is 4.32. The van der Waals surface area contributed by atoms with Gasteiger partial charge in [0.2, 0.25) is 0 Å². The topological polar surface area (TPSA) is 69.3 Å². The predicted octanol–water partition coefficient (Wildman–Crippen LogP) is 3.74. The molecule has 0 spiro atoms. The first-order chi connectivity index (χ1) is 11.6. The van der Waals surface area contributed by atoms with Crippen molar-refractivity contribution in [1.29, 1.82) is 0 Å². The summed E-state index contributed by atoms with van der Waals surface area (Å²) in [5, 5.41) is 3.94. The summed E-state index contributed by atoms with van der Waals surface area (Å²) in [6.07, 6.45) is 4.60. The Labute approximate surface area is 144 Å². The van der Waals surface area contributed by atoms with Crippen molar-refractivity contribution < 1.29 is 9.78 Å². The Balaban J connectivity index is 1.72. The van der Waals surface area contributed by atoms with Gasteiger partial charge in [-0.25, -0.2) is 0 Å². The van der Waals surface area contributed by atoms with Crippen LogP contribution in [0.2, 0.25) is 0 Å². The molecular formula is C19H20N3OS+. The number of H-pyrrole nitrogens is 1. The van der Waals surface area contributed by atoms with E-state index in [-0.39, 0.29) is 5.91 Å². The van der Waals surface area contributed by atoms with Gasteiger partial charge in [-0.1, -0.05) is 29.5 Å². The highest BCUT2D eigenvalue weighted by molar-refractivity contribution is 7.20. The summed E-state index contributed by atoms with van der Waals surface area (Å²) in [7, 11) is 0. The van der Waals surface area contributed by atoms with Gasteiger partial charge in [-0.3, -0.25) is 4.79 Å². The lowest BCUT2D eigenvalue weighted by Gasteiger charge is -2.09. The molecule has 0 aliphatic heterocycles. The molecule has 0 saturated carbocycles. The molecule has 5 heteroatoms. The van der Waals surface area contributed by atoms with Crippen LogP contribution in [0.5, 0.6) is 0 Å². The van der Waals surface area contributed by atoms with Crippen molar-refractivity contribution in [2.24, 2.45) is 0 Å². The second-order valence-corrected chi connectivity index (χ2v) is 7.36. The number of para-hydroxylation sites is 1. The molecule has 2 aromatic heterocycles. The Morgan fingerprint density at radius 3 is 2.88 bits per heavy atom. The zero-order valence-electron chi connectivity index (χ0n) is 13.6. The van der Waals surface area contributed by atoms with Crippen molar-refractivity contribution in [2.75, 3.05) is 11.1 Å². The molecule has 4 rings (SSSR count). The van der Waals surface area contributed by atoms with Gasteiger partial charge < -0.3 is 11.1 Å². The van der Waals surface area contributed by atoms with Gasteiger partial charge in [0, 0.05) is 17.7 Å². The monoisotopic (exact) mass is 338 g/mol. The van der Waals surface area contributed by atoms with Crippen LogP contribution in [0, 0.1) is 6.92 Å². The fraction of sp³-hybridized carbons (Fsp3) is 0.263. The maximum absolute atomic E-state index is 12.7. The Bertz CT molecular complexity index is 945. The van der Waals surface area contributed by atoms with Crippen molar-refractivity contribution in [3.63, 3.8) is 0 Å². The number of fused-ring (bicyclic) bond motifs is 2. The molecule has 0 bridgehead atoms. The number of amides is 1. The predicted molar refractivity (Wildman–Crippen MR) is 98.6 cm³/mol. The zero-order chi connectivity index (χ0) is 16.7. The minimum Gasteiger partial charge on any atom is -0.397 e. The number of pyridine rings is 1. The summed E-state index contributed by atoms with van der Waals surface area (Å²) >= 11 is 1.44. The molecule has 24 heavy (non-hydrogen) atoms. The zero-order valence-corrected chi connectivity index (χ0v) is 14.4. The average molecular weight is 338 g/mol. The molecule has 4 N–H and O–H groups in total. The van der Waals surface area contributed by atoms with E-state index in [0.717, 1.165) is 34.3 Å². The molecule has 0 saturated heterocycles. The van der Waals surface area contributed by atoms with E-state index < -0.39 is 0 Å². The van der Waals surface area contributed by atoms with E-state index in [9.17, 15) is 4.79 Å². The second kappa shape index (κ2) is 5.91. The Morgan fingerprint density at radius 1 is 1.25 bits per heavy atom. The Morgan fingerprint density at radius 2 is 2.04 bits per heavy atom. The molecule has 1 aliphatic rings. The number of thiophene rings is 1. The molecule has 3 aromatic rings. The first kappa shape index (κ1) is 15.1. The number of nitrogen functional groups attached to an aromatic ring is 1. The molecule has 1 aromatic carbocycles. The molecule has 0 unspecified atom stereocenters. The summed E-state index contributed by atoms with van der Waals surface area (Å²) < 4.78 is 0. The molecule has 1 amide bonds. The lowest BCUT2D eigenvalue weighted by Crippen LogP contribution is -2.17. The first-order valence-electron chi connectivity index (χ1n) is 8.26. The van der Waals surface area contributed by atoms with Crippen LogP contribution in [0.1, 0.15) is 39.3 Å². The van der Waals surface area contributed by atoms with Crippen LogP contribution in [0.4, 0.5) is 11.4 Å². The third kappa shape index (κ3) is 2.55. The van der Waals surface area contributed by atoms with Gasteiger partial charge in [0.05, 0.1) is 11.1 Å². The number of carbonyl (C=O) groups is 1. The Hall–Kier alpha value is -2.40. The molecular weight excluding hydrogens is 318 g/mol. The van der Waals surface area contributed by atoms with Crippen LogP contribution < -0.4 is 16.0 Å². The number of hydrogen-bond donors (Lipinski definition) is 2. The van der Waals surface area contributed by atoms with Crippen LogP contribution in [0.25, 0.3) is 10.2 Å². The Kier molecular flexibility index (Phi) is 3.73. The van der Waals surface area contributed by atoms with Crippen LogP contribution in [0.3, 0.4) is 0 Å². The number of aryl methyl sites for hydroxylation is 3. The highest BCUT2D eigenvalue weighted by Gasteiger charge is 2.24. The van der Waals surface area contributed by atoms with E-state index in [1.807, 2.05) is 31.2 Å². The summed E-state index contributed by atoms with van der Waals surface area (Å²) in [6.45, 7) is 1.98. The minimum absolute atomic E-state index is 0.144. The van der Waals surface area contributed by atoms with Crippen molar-refractivity contribution in [1.82, 2.24) is 0 Å². The number of aromatic nitrogens is 1. The number of rotatable bonds is 2. The maximum atomic E-state index is 12.7. The second-order valence-electron chi connectivity index (χ2n) is 6.34. The van der Waals surface area contributed by atoms with E-state index >= 15 is 0 Å². The smallest absolute Gasteiger partial charge is 0.270 e. The van der Waals surface area contributed by atoms with E-state index in [0.29, 0.717) is 10.6 Å². The fourth-order valence-electron chi connectivity index (χ4n) is 3.30. The van der Waals surface area contributed by atoms with Gasteiger partial charge >= 0.3 is 0 Å². The molecule has 2 heterocycles. The van der Waals surface area contributed by atoms with Gasteiger partial charge in [-0.05, 0) is 43.9 Å². The number of anilines is 2. The summed E-state index contributed by atoms with van der Waals surface area (Å²) in [4.78, 5) is 17.7. The van der Waals surface area contributed by atoms with Crippen LogP contribution >= 0.6 is 11.3 Å². The lowest BCUT2D eigenvalue weighted by atomic mass is 9.95. The normalized spacial score (nSPS) is 13.7. The third-order valence-electron chi connectivity index (χ3n) is 4.68. The molecule has 4 nitrogen and oxygen atoms in total. The lowest BCUT2D eigenvalue weighted by molar-refractivity contribution is -0.356. The standard InChI is InChI=1S/C19H19N3OS/c1-11-6-2-4-8-14(11)21-18(23)17-16(20)13-10-12-7-3-5-9-15(12)22-19(13)24-17/h2,4,6,8,10H,3,5,7,9,20H2,1H3,(H,21,23)/p+1. The summed E-state index contributed by atoms with van der Waals surface area (Å²) in [5.41, 5.74) is 11.4. The summed E-state index contributed by atoms with van der Waals surface area (Å²) in [6, 6.07) is 9.92. The number of aromatic amines is 1. The molecule has 1 aliphatic carbocycles. The number of carbonyl (C=O) groups excluding carboxylic acids is 1. The van der Waals surface area contributed by atoms with Crippen molar-refractivity contribution >= 4 is 38.8 Å². The van der Waals surface area contributed by atoms with Crippen LogP contribution in [-0.2, 0) is 12.8 Å².